The zero-order valence-electron chi connectivity index (χ0n) is 12.3. The Morgan fingerprint density at radius 3 is 2.35 bits per heavy atom. The molecule has 0 heterocycles. The van der Waals surface area contributed by atoms with Gasteiger partial charge in [0, 0.05) is 10.7 Å². The largest absolute Gasteiger partial charge is 0.495 e. The zero-order valence-corrected chi connectivity index (χ0v) is 15.5. The smallest absolute Gasteiger partial charge is 0.265 e. The molecule has 0 aliphatic carbocycles. The Bertz CT molecular complexity index is 939. The van der Waals surface area contributed by atoms with E-state index in [-0.39, 0.29) is 21.2 Å². The van der Waals surface area contributed by atoms with E-state index >= 15 is 0 Å². The highest BCUT2D eigenvalue weighted by Gasteiger charge is 2.20. The summed E-state index contributed by atoms with van der Waals surface area (Å²) in [6.07, 6.45) is 1.05. The number of rotatable bonds is 5. The highest BCUT2D eigenvalue weighted by atomic mass is 79.9. The van der Waals surface area contributed by atoms with Crippen LogP contribution in [0.15, 0.2) is 56.7 Å². The number of hydrogen-bond donors (Lipinski definition) is 1. The first-order valence-corrected chi connectivity index (χ1v) is 10.5. The molecule has 124 valence electrons. The van der Waals surface area contributed by atoms with Crippen LogP contribution in [0.2, 0.25) is 0 Å². The van der Waals surface area contributed by atoms with E-state index in [1.165, 1.54) is 43.5 Å². The molecule has 0 saturated carbocycles. The van der Waals surface area contributed by atoms with Crippen molar-refractivity contribution in [2.24, 2.45) is 0 Å². The van der Waals surface area contributed by atoms with Gasteiger partial charge in [-0.05, 0) is 36.4 Å². The molecule has 0 spiro atoms. The topological polar surface area (TPSA) is 89.5 Å². The maximum Gasteiger partial charge on any atom is 0.265 e. The first kappa shape index (κ1) is 17.8. The van der Waals surface area contributed by atoms with E-state index in [2.05, 4.69) is 20.7 Å². The standard InChI is InChI=1S/C14H14BrNO5S2/c1-21-13-7-6-10(15)8-14(13)23(19,20)16-11-4-3-5-12(9-11)22(2,17)18/h3-9,16H,1-2H3. The van der Waals surface area contributed by atoms with E-state index < -0.39 is 19.9 Å². The van der Waals surface area contributed by atoms with Gasteiger partial charge >= 0.3 is 0 Å². The van der Waals surface area contributed by atoms with Gasteiger partial charge in [-0.2, -0.15) is 0 Å². The van der Waals surface area contributed by atoms with Crippen LogP contribution in [-0.4, -0.2) is 30.2 Å². The Hall–Kier alpha value is -1.58. The van der Waals surface area contributed by atoms with Crippen LogP contribution in [0.3, 0.4) is 0 Å². The lowest BCUT2D eigenvalue weighted by Gasteiger charge is -2.12. The summed E-state index contributed by atoms with van der Waals surface area (Å²) < 4.78 is 56.2. The Labute approximate surface area is 143 Å². The highest BCUT2D eigenvalue weighted by molar-refractivity contribution is 9.10. The second-order valence-electron chi connectivity index (χ2n) is 4.70. The molecule has 0 unspecified atom stereocenters. The van der Waals surface area contributed by atoms with Crippen molar-refractivity contribution in [3.63, 3.8) is 0 Å². The van der Waals surface area contributed by atoms with Crippen molar-refractivity contribution in [2.75, 3.05) is 18.1 Å². The SMILES string of the molecule is COc1ccc(Br)cc1S(=O)(=O)Nc1cccc(S(C)(=O)=O)c1. The number of anilines is 1. The third-order valence-electron chi connectivity index (χ3n) is 2.93. The summed E-state index contributed by atoms with van der Waals surface area (Å²) in [6, 6.07) is 10.2. The van der Waals surface area contributed by atoms with Crippen molar-refractivity contribution >= 4 is 41.5 Å². The fraction of sp³-hybridized carbons (Fsp3) is 0.143. The monoisotopic (exact) mass is 419 g/mol. The van der Waals surface area contributed by atoms with Gasteiger partial charge < -0.3 is 4.74 Å². The van der Waals surface area contributed by atoms with Crippen molar-refractivity contribution in [3.8, 4) is 5.75 Å². The molecule has 2 aromatic rings. The minimum Gasteiger partial charge on any atom is -0.495 e. The molecule has 9 heteroatoms. The second kappa shape index (κ2) is 6.50. The van der Waals surface area contributed by atoms with E-state index in [0.29, 0.717) is 4.47 Å². The average Bonchev–Trinajstić information content (AvgIpc) is 2.46. The third-order valence-corrected chi connectivity index (χ3v) is 5.94. The first-order chi connectivity index (χ1) is 10.6. The summed E-state index contributed by atoms with van der Waals surface area (Å²) in [5.41, 5.74) is 0.148. The maximum absolute atomic E-state index is 12.5. The summed E-state index contributed by atoms with van der Waals surface area (Å²) in [7, 11) is -6.01. The van der Waals surface area contributed by atoms with Crippen molar-refractivity contribution in [1.29, 1.82) is 0 Å². The van der Waals surface area contributed by atoms with Crippen molar-refractivity contribution in [3.05, 3.63) is 46.9 Å². The highest BCUT2D eigenvalue weighted by Crippen LogP contribution is 2.29. The molecule has 0 amide bonds. The number of methoxy groups -OCH3 is 1. The van der Waals surface area contributed by atoms with Crippen molar-refractivity contribution in [2.45, 2.75) is 9.79 Å². The molecule has 0 radical (unpaired) electrons. The minimum atomic E-state index is -3.94. The number of benzene rings is 2. The quantitative estimate of drug-likeness (QED) is 0.804. The Morgan fingerprint density at radius 2 is 1.74 bits per heavy atom. The van der Waals surface area contributed by atoms with Gasteiger partial charge in [-0.25, -0.2) is 16.8 Å². The Morgan fingerprint density at radius 1 is 1.04 bits per heavy atom. The average molecular weight is 420 g/mol. The molecule has 0 bridgehead atoms. The lowest BCUT2D eigenvalue weighted by atomic mass is 10.3. The predicted molar refractivity (Wildman–Crippen MR) is 91.1 cm³/mol. The van der Waals surface area contributed by atoms with E-state index in [4.69, 9.17) is 4.74 Å². The first-order valence-electron chi connectivity index (χ1n) is 6.30. The summed E-state index contributed by atoms with van der Waals surface area (Å²) in [5, 5.41) is 0. The van der Waals surface area contributed by atoms with Gasteiger partial charge in [0.15, 0.2) is 9.84 Å². The van der Waals surface area contributed by atoms with Gasteiger partial charge in [0.1, 0.15) is 10.6 Å². The van der Waals surface area contributed by atoms with Crippen molar-refractivity contribution in [1.82, 2.24) is 0 Å². The molecule has 2 aromatic carbocycles. The number of sulfonamides is 1. The molecule has 0 atom stereocenters. The van der Waals surface area contributed by atoms with Crippen LogP contribution >= 0.6 is 15.9 Å². The molecule has 0 fully saturated rings. The molecule has 6 nitrogen and oxygen atoms in total. The maximum atomic E-state index is 12.5. The lowest BCUT2D eigenvalue weighted by molar-refractivity contribution is 0.403. The fourth-order valence-electron chi connectivity index (χ4n) is 1.86. The van der Waals surface area contributed by atoms with Gasteiger partial charge in [0.05, 0.1) is 17.7 Å². The molecule has 1 N–H and O–H groups in total. The molecule has 0 aromatic heterocycles. The van der Waals surface area contributed by atoms with Crippen LogP contribution in [-0.2, 0) is 19.9 Å². The summed E-state index contributed by atoms with van der Waals surface area (Å²) in [4.78, 5) is -0.0296. The third kappa shape index (κ3) is 4.24. The van der Waals surface area contributed by atoms with E-state index in [1.54, 1.807) is 6.07 Å². The number of halogens is 1. The van der Waals surface area contributed by atoms with Gasteiger partial charge in [-0.15, -0.1) is 0 Å². The van der Waals surface area contributed by atoms with Gasteiger partial charge in [0.25, 0.3) is 10.0 Å². The predicted octanol–water partition coefficient (Wildman–Crippen LogP) is 2.66. The number of nitrogens with one attached hydrogen (secondary N) is 1. The lowest BCUT2D eigenvalue weighted by Crippen LogP contribution is -2.14. The van der Waals surface area contributed by atoms with Crippen LogP contribution in [0.25, 0.3) is 0 Å². The zero-order chi connectivity index (χ0) is 17.3. The van der Waals surface area contributed by atoms with Crippen LogP contribution in [0, 0.1) is 0 Å². The van der Waals surface area contributed by atoms with Crippen LogP contribution in [0.4, 0.5) is 5.69 Å². The Kier molecular flexibility index (Phi) is 5.02. The van der Waals surface area contributed by atoms with Crippen LogP contribution in [0.5, 0.6) is 5.75 Å². The summed E-state index contributed by atoms with van der Waals surface area (Å²) >= 11 is 3.21. The second-order valence-corrected chi connectivity index (χ2v) is 9.28. The van der Waals surface area contributed by atoms with Gasteiger partial charge in [-0.1, -0.05) is 22.0 Å². The fourth-order valence-corrected chi connectivity index (χ4v) is 4.29. The molecule has 0 saturated heterocycles. The molecule has 2 rings (SSSR count). The molecular weight excluding hydrogens is 406 g/mol. The molecule has 23 heavy (non-hydrogen) atoms. The van der Waals surface area contributed by atoms with Crippen molar-refractivity contribution < 1.29 is 21.6 Å². The molecule has 0 aliphatic heterocycles. The van der Waals surface area contributed by atoms with E-state index in [0.717, 1.165) is 6.26 Å². The number of ether oxygens (including phenoxy) is 1. The summed E-state index contributed by atoms with van der Waals surface area (Å²) in [5.74, 6) is 0.181. The minimum absolute atomic E-state index is 0.0268. The summed E-state index contributed by atoms with van der Waals surface area (Å²) in [6.45, 7) is 0. The van der Waals surface area contributed by atoms with Crippen LogP contribution in [0.1, 0.15) is 0 Å². The Balaban J connectivity index is 2.45. The molecule has 0 aliphatic rings. The van der Waals surface area contributed by atoms with E-state index in [1.807, 2.05) is 0 Å². The molecular formula is C14H14BrNO5S2. The van der Waals surface area contributed by atoms with Gasteiger partial charge in [0.2, 0.25) is 0 Å². The normalized spacial score (nSPS) is 12.0. The van der Waals surface area contributed by atoms with Gasteiger partial charge in [-0.3, -0.25) is 4.72 Å². The van der Waals surface area contributed by atoms with E-state index in [9.17, 15) is 16.8 Å². The number of hydrogen-bond acceptors (Lipinski definition) is 5. The number of sulfone groups is 1. The van der Waals surface area contributed by atoms with Crippen LogP contribution < -0.4 is 9.46 Å².